The van der Waals surface area contributed by atoms with Gasteiger partial charge in [0, 0.05) is 59.9 Å². The van der Waals surface area contributed by atoms with Gasteiger partial charge in [0.1, 0.15) is 0 Å². The minimum atomic E-state index is 1.13. The number of anilines is 3. The van der Waals surface area contributed by atoms with E-state index < -0.39 is 0 Å². The molecule has 9 aromatic carbocycles. The van der Waals surface area contributed by atoms with E-state index >= 15 is 0 Å². The van der Waals surface area contributed by atoms with E-state index in [1.54, 1.807) is 0 Å². The zero-order valence-corrected chi connectivity index (χ0v) is 28.6. The molecule has 0 saturated heterocycles. The van der Waals surface area contributed by atoms with E-state index in [-0.39, 0.29) is 0 Å². The highest BCUT2D eigenvalue weighted by Crippen LogP contribution is 2.51. The molecule has 0 saturated carbocycles. The molecule has 0 aliphatic carbocycles. The average Bonchev–Trinajstić information content (AvgIpc) is 3.95. The lowest BCUT2D eigenvalue weighted by atomic mass is 9.99. The molecule has 0 atom stereocenters. The first kappa shape index (κ1) is 27.6. The molecule has 0 aliphatic heterocycles. The Morgan fingerprint density at radius 3 is 1.45 bits per heavy atom. The van der Waals surface area contributed by atoms with E-state index in [4.69, 9.17) is 0 Å². The molecule has 0 unspecified atom stereocenters. The Labute approximate surface area is 303 Å². The van der Waals surface area contributed by atoms with Crippen molar-refractivity contribution in [2.75, 3.05) is 4.90 Å². The number of fused-ring (bicyclic) bond motifs is 17. The van der Waals surface area contributed by atoms with Crippen LogP contribution < -0.4 is 4.90 Å². The summed E-state index contributed by atoms with van der Waals surface area (Å²) in [5.74, 6) is 0. The summed E-state index contributed by atoms with van der Waals surface area (Å²) in [5.41, 5.74) is 11.0. The van der Waals surface area contributed by atoms with Crippen molar-refractivity contribution in [2.45, 2.75) is 0 Å². The minimum Gasteiger partial charge on any atom is -0.308 e. The summed E-state index contributed by atoms with van der Waals surface area (Å²) in [6.45, 7) is 0. The van der Waals surface area contributed by atoms with Gasteiger partial charge in [0.2, 0.25) is 0 Å². The summed E-state index contributed by atoms with van der Waals surface area (Å²) in [7, 11) is 0. The molecule has 0 fully saturated rings. The Balaban J connectivity index is 1.27. The van der Waals surface area contributed by atoms with Gasteiger partial charge in [-0.3, -0.25) is 0 Å². The molecule has 0 aliphatic rings. The fourth-order valence-electron chi connectivity index (χ4n) is 9.88. The summed E-state index contributed by atoms with van der Waals surface area (Å²) < 4.78 is 5.13. The van der Waals surface area contributed by atoms with Gasteiger partial charge in [0.15, 0.2) is 0 Å². The second-order valence-corrected chi connectivity index (χ2v) is 14.5. The zero-order valence-electron chi connectivity index (χ0n) is 28.6. The number of benzene rings is 9. The molecule has 244 valence electrons. The van der Waals surface area contributed by atoms with Gasteiger partial charge in [-0.15, -0.1) is 0 Å². The largest absolute Gasteiger partial charge is 0.308 e. The normalized spacial score (nSPS) is 12.5. The summed E-state index contributed by atoms with van der Waals surface area (Å²) in [6, 6.07) is 64.9. The predicted molar refractivity (Wildman–Crippen MR) is 225 cm³/mol. The summed E-state index contributed by atoms with van der Waals surface area (Å²) in [6.07, 6.45) is 0. The second-order valence-electron chi connectivity index (χ2n) is 14.5. The molecule has 0 radical (unpaired) electrons. The Morgan fingerprint density at radius 1 is 0.302 bits per heavy atom. The summed E-state index contributed by atoms with van der Waals surface area (Å²) in [5, 5.41) is 15.5. The van der Waals surface area contributed by atoms with Crippen LogP contribution in [0, 0.1) is 0 Å². The van der Waals surface area contributed by atoms with Crippen LogP contribution in [0.15, 0.2) is 176 Å². The molecule has 13 rings (SSSR count). The van der Waals surface area contributed by atoms with Crippen LogP contribution in [0.25, 0.3) is 97.7 Å². The van der Waals surface area contributed by atoms with Gasteiger partial charge >= 0.3 is 0 Å². The lowest BCUT2D eigenvalue weighted by molar-refractivity contribution is 1.27. The van der Waals surface area contributed by atoms with Gasteiger partial charge in [0.05, 0.1) is 38.8 Å². The number of rotatable bonds is 3. The molecule has 3 nitrogen and oxygen atoms in total. The number of nitrogens with zero attached hydrogens (tertiary/aromatic N) is 3. The van der Waals surface area contributed by atoms with E-state index in [0.717, 1.165) is 17.1 Å². The number of hydrogen-bond acceptors (Lipinski definition) is 1. The highest BCUT2D eigenvalue weighted by Gasteiger charge is 2.27. The first-order valence-corrected chi connectivity index (χ1v) is 18.4. The van der Waals surface area contributed by atoms with Gasteiger partial charge in [-0.05, 0) is 58.6 Å². The molecular weight excluding hydrogens is 643 g/mol. The molecule has 0 spiro atoms. The standard InChI is InChI=1S/C50H29N3/c1-3-15-32(16-4-1)51(33-17-5-2-6-18-33)43-29-31-14-8-9-19-34(31)44-38-22-12-24-40-46-42(53(49(38)40)50(43)44)28-27-41-45(46)39-23-11-21-36-37-26-25-30-13-7-10-20-35(30)47(37)52(41)48(36)39/h1-29H. The fraction of sp³-hybridized carbons (Fsp3) is 0. The maximum atomic E-state index is 2.58. The van der Waals surface area contributed by atoms with Crippen LogP contribution in [0.5, 0.6) is 0 Å². The van der Waals surface area contributed by atoms with Crippen molar-refractivity contribution in [3.8, 4) is 0 Å². The molecule has 4 heterocycles. The third-order valence-corrected chi connectivity index (χ3v) is 11.9. The number of hydrogen-bond donors (Lipinski definition) is 0. The number of para-hydroxylation sites is 4. The predicted octanol–water partition coefficient (Wildman–Crippen LogP) is 13.8. The van der Waals surface area contributed by atoms with Crippen molar-refractivity contribution in [1.29, 1.82) is 0 Å². The van der Waals surface area contributed by atoms with E-state index in [9.17, 15) is 0 Å². The molecule has 3 heteroatoms. The van der Waals surface area contributed by atoms with Crippen molar-refractivity contribution in [3.05, 3.63) is 176 Å². The maximum absolute atomic E-state index is 2.58. The van der Waals surface area contributed by atoms with E-state index in [2.05, 4.69) is 190 Å². The van der Waals surface area contributed by atoms with E-state index in [1.165, 1.54) is 97.7 Å². The van der Waals surface area contributed by atoms with E-state index in [0.29, 0.717) is 0 Å². The summed E-state index contributed by atoms with van der Waals surface area (Å²) in [4.78, 5) is 2.44. The SMILES string of the molecule is c1ccc(N(c2ccccc2)c2cc3ccccc3c3c4cccc5c6c7c8cccc9c%10ccc%11ccccc%11c%10n(c7ccc6n(c23)c54)c98)cc1. The van der Waals surface area contributed by atoms with Crippen LogP contribution in [0.4, 0.5) is 17.1 Å². The molecular formula is C50H29N3. The Kier molecular flexibility index (Phi) is 5.11. The Bertz CT molecular complexity index is 3570. The number of aromatic nitrogens is 2. The smallest absolute Gasteiger partial charge is 0.0789 e. The van der Waals surface area contributed by atoms with Crippen LogP contribution >= 0.6 is 0 Å². The van der Waals surface area contributed by atoms with Crippen LogP contribution in [0.1, 0.15) is 0 Å². The highest BCUT2D eigenvalue weighted by atomic mass is 15.2. The lowest BCUT2D eigenvalue weighted by Crippen LogP contribution is -2.11. The van der Waals surface area contributed by atoms with Crippen LogP contribution in [0.2, 0.25) is 0 Å². The van der Waals surface area contributed by atoms with Gasteiger partial charge in [-0.1, -0.05) is 133 Å². The monoisotopic (exact) mass is 671 g/mol. The van der Waals surface area contributed by atoms with Gasteiger partial charge in [-0.25, -0.2) is 0 Å². The highest BCUT2D eigenvalue weighted by molar-refractivity contribution is 6.38. The summed E-state index contributed by atoms with van der Waals surface area (Å²) >= 11 is 0. The van der Waals surface area contributed by atoms with Crippen molar-refractivity contribution in [3.63, 3.8) is 0 Å². The van der Waals surface area contributed by atoms with Gasteiger partial charge < -0.3 is 13.7 Å². The molecule has 0 bridgehead atoms. The first-order chi connectivity index (χ1) is 26.3. The topological polar surface area (TPSA) is 12.1 Å². The quantitative estimate of drug-likeness (QED) is 0.182. The third kappa shape index (κ3) is 3.36. The first-order valence-electron chi connectivity index (χ1n) is 18.4. The maximum Gasteiger partial charge on any atom is 0.0789 e. The van der Waals surface area contributed by atoms with Crippen molar-refractivity contribution >= 4 is 115 Å². The Morgan fingerprint density at radius 2 is 0.774 bits per heavy atom. The van der Waals surface area contributed by atoms with Crippen LogP contribution in [-0.2, 0) is 0 Å². The fourth-order valence-corrected chi connectivity index (χ4v) is 9.88. The molecule has 0 N–H and O–H groups in total. The third-order valence-electron chi connectivity index (χ3n) is 11.9. The molecule has 53 heavy (non-hydrogen) atoms. The van der Waals surface area contributed by atoms with Crippen molar-refractivity contribution in [1.82, 2.24) is 8.80 Å². The zero-order chi connectivity index (χ0) is 34.4. The van der Waals surface area contributed by atoms with E-state index in [1.807, 2.05) is 0 Å². The van der Waals surface area contributed by atoms with Crippen molar-refractivity contribution < 1.29 is 0 Å². The molecule has 13 aromatic rings. The van der Waals surface area contributed by atoms with Gasteiger partial charge in [-0.2, -0.15) is 0 Å². The second kappa shape index (κ2) is 9.81. The minimum absolute atomic E-state index is 1.13. The van der Waals surface area contributed by atoms with Gasteiger partial charge in [0.25, 0.3) is 0 Å². The molecule has 4 aromatic heterocycles. The lowest BCUT2D eigenvalue weighted by Gasteiger charge is -2.27. The van der Waals surface area contributed by atoms with Crippen molar-refractivity contribution in [2.24, 2.45) is 0 Å². The molecule has 0 amide bonds. The van der Waals surface area contributed by atoms with Crippen LogP contribution in [-0.4, -0.2) is 8.80 Å². The van der Waals surface area contributed by atoms with Crippen LogP contribution in [0.3, 0.4) is 0 Å². The average molecular weight is 672 g/mol. The Hall–Kier alpha value is -7.10.